The topological polar surface area (TPSA) is 106 Å². The molecule has 1 aliphatic rings. The number of nitrogens with zero attached hydrogens (tertiary/aromatic N) is 5. The average molecular weight is 448 g/mol. The first kappa shape index (κ1) is 20.8. The van der Waals surface area contributed by atoms with E-state index in [0.717, 1.165) is 0 Å². The number of benzene rings is 2. The molecule has 33 heavy (non-hydrogen) atoms. The van der Waals surface area contributed by atoms with Crippen LogP contribution < -0.4 is 11.2 Å². The molecule has 1 N–H and O–H groups in total. The first-order valence-corrected chi connectivity index (χ1v) is 10.6. The van der Waals surface area contributed by atoms with Crippen LogP contribution in [-0.4, -0.2) is 48.4 Å². The first-order chi connectivity index (χ1) is 15.9. The van der Waals surface area contributed by atoms with Gasteiger partial charge in [-0.2, -0.15) is 0 Å². The van der Waals surface area contributed by atoms with Crippen molar-refractivity contribution >= 4 is 16.8 Å². The summed E-state index contributed by atoms with van der Waals surface area (Å²) in [5.41, 5.74) is 1.12. The SMILES string of the molecule is Cc1c(C(=O)N2CCC(n3c(=O)[nH]c4ccccc4c3=O)CC2)nnn1-c1ccc(F)cc1. The van der Waals surface area contributed by atoms with E-state index in [1.807, 2.05) is 0 Å². The van der Waals surface area contributed by atoms with Crippen molar-refractivity contribution in [3.63, 3.8) is 0 Å². The van der Waals surface area contributed by atoms with Gasteiger partial charge in [0.05, 0.1) is 22.3 Å². The quantitative estimate of drug-likeness (QED) is 0.517. The van der Waals surface area contributed by atoms with Gasteiger partial charge in [-0.05, 0) is 56.2 Å². The van der Waals surface area contributed by atoms with E-state index in [9.17, 15) is 18.8 Å². The van der Waals surface area contributed by atoms with Crippen LogP contribution in [0.4, 0.5) is 4.39 Å². The monoisotopic (exact) mass is 448 g/mol. The highest BCUT2D eigenvalue weighted by Gasteiger charge is 2.29. The molecule has 0 aliphatic carbocycles. The van der Waals surface area contributed by atoms with E-state index in [4.69, 9.17) is 0 Å². The smallest absolute Gasteiger partial charge is 0.329 e. The number of para-hydroxylation sites is 1. The largest absolute Gasteiger partial charge is 0.337 e. The highest BCUT2D eigenvalue weighted by Crippen LogP contribution is 2.23. The predicted octanol–water partition coefficient (Wildman–Crippen LogP) is 2.20. The van der Waals surface area contributed by atoms with E-state index in [2.05, 4.69) is 15.3 Å². The van der Waals surface area contributed by atoms with Gasteiger partial charge < -0.3 is 9.88 Å². The molecule has 0 radical (unpaired) electrons. The third kappa shape index (κ3) is 3.63. The van der Waals surface area contributed by atoms with Gasteiger partial charge in [0.1, 0.15) is 5.82 Å². The van der Waals surface area contributed by atoms with E-state index >= 15 is 0 Å². The molecule has 2 aromatic carbocycles. The van der Waals surface area contributed by atoms with E-state index in [1.165, 1.54) is 21.4 Å². The number of carbonyl (C=O) groups is 1. The summed E-state index contributed by atoms with van der Waals surface area (Å²) in [6.07, 6.45) is 0.941. The van der Waals surface area contributed by atoms with Crippen molar-refractivity contribution in [1.82, 2.24) is 29.4 Å². The summed E-state index contributed by atoms with van der Waals surface area (Å²) in [5, 5.41) is 8.56. The van der Waals surface area contributed by atoms with Crippen LogP contribution in [0, 0.1) is 12.7 Å². The maximum absolute atomic E-state index is 13.2. The number of nitrogens with one attached hydrogen (secondary N) is 1. The first-order valence-electron chi connectivity index (χ1n) is 10.6. The molecule has 9 nitrogen and oxygen atoms in total. The highest BCUT2D eigenvalue weighted by atomic mass is 19.1. The molecule has 10 heteroatoms. The molecule has 0 unspecified atom stereocenters. The molecule has 1 amide bonds. The van der Waals surface area contributed by atoms with Gasteiger partial charge >= 0.3 is 5.69 Å². The van der Waals surface area contributed by atoms with Crippen LogP contribution in [0.3, 0.4) is 0 Å². The van der Waals surface area contributed by atoms with Gasteiger partial charge in [-0.15, -0.1) is 5.10 Å². The zero-order valence-electron chi connectivity index (χ0n) is 17.9. The number of H-pyrrole nitrogens is 1. The molecule has 0 bridgehead atoms. The Morgan fingerprint density at radius 2 is 1.76 bits per heavy atom. The summed E-state index contributed by atoms with van der Waals surface area (Å²) < 4.78 is 16.0. The van der Waals surface area contributed by atoms with Gasteiger partial charge in [-0.25, -0.2) is 13.9 Å². The number of hydrogen-bond donors (Lipinski definition) is 1. The number of fused-ring (bicyclic) bond motifs is 1. The van der Waals surface area contributed by atoms with Crippen LogP contribution in [0.25, 0.3) is 16.6 Å². The zero-order chi connectivity index (χ0) is 23.1. The van der Waals surface area contributed by atoms with Gasteiger partial charge in [0.2, 0.25) is 0 Å². The molecule has 5 rings (SSSR count). The van der Waals surface area contributed by atoms with E-state index in [1.54, 1.807) is 48.2 Å². The van der Waals surface area contributed by atoms with Crippen molar-refractivity contribution < 1.29 is 9.18 Å². The number of amides is 1. The number of hydrogen-bond acceptors (Lipinski definition) is 5. The maximum Gasteiger partial charge on any atom is 0.329 e. The molecule has 1 fully saturated rings. The fourth-order valence-corrected chi connectivity index (χ4v) is 4.34. The minimum atomic E-state index is -0.443. The Balaban J connectivity index is 1.35. The van der Waals surface area contributed by atoms with Crippen LogP contribution in [0.2, 0.25) is 0 Å². The van der Waals surface area contributed by atoms with Crippen molar-refractivity contribution in [1.29, 1.82) is 0 Å². The van der Waals surface area contributed by atoms with Gasteiger partial charge in [-0.1, -0.05) is 17.3 Å². The second-order valence-electron chi connectivity index (χ2n) is 8.09. The molecule has 3 heterocycles. The molecule has 0 spiro atoms. The average Bonchev–Trinajstić information content (AvgIpc) is 3.21. The Labute approximate surface area is 187 Å². The Hall–Kier alpha value is -4.08. The van der Waals surface area contributed by atoms with Gasteiger partial charge in [0.25, 0.3) is 11.5 Å². The van der Waals surface area contributed by atoms with Crippen LogP contribution in [0.15, 0.2) is 58.1 Å². The maximum atomic E-state index is 13.2. The van der Waals surface area contributed by atoms with Crippen LogP contribution in [-0.2, 0) is 0 Å². The highest BCUT2D eigenvalue weighted by molar-refractivity contribution is 5.93. The lowest BCUT2D eigenvalue weighted by atomic mass is 10.0. The molecule has 2 aromatic heterocycles. The minimum absolute atomic E-state index is 0.221. The fourth-order valence-electron chi connectivity index (χ4n) is 4.34. The standard InChI is InChI=1S/C23H21FN6O3/c1-14-20(26-27-30(14)17-8-6-15(24)7-9-17)22(32)28-12-10-16(11-13-28)29-21(31)18-4-2-3-5-19(18)25-23(29)33/h2-9,16H,10-13H2,1H3,(H,25,33). The fraction of sp³-hybridized carbons (Fsp3) is 0.261. The van der Waals surface area contributed by atoms with Gasteiger partial charge in [-0.3, -0.25) is 14.2 Å². The normalized spacial score (nSPS) is 14.7. The Morgan fingerprint density at radius 3 is 2.48 bits per heavy atom. The van der Waals surface area contributed by atoms with Crippen molar-refractivity contribution in [2.45, 2.75) is 25.8 Å². The van der Waals surface area contributed by atoms with Crippen LogP contribution >= 0.6 is 0 Å². The summed E-state index contributed by atoms with van der Waals surface area (Å²) in [4.78, 5) is 43.0. The van der Waals surface area contributed by atoms with Crippen molar-refractivity contribution in [3.05, 3.63) is 86.6 Å². The second-order valence-corrected chi connectivity index (χ2v) is 8.09. The molecule has 0 atom stereocenters. The lowest BCUT2D eigenvalue weighted by Crippen LogP contribution is -2.45. The molecule has 168 valence electrons. The molecular weight excluding hydrogens is 427 g/mol. The summed E-state index contributed by atoms with van der Waals surface area (Å²) in [7, 11) is 0. The summed E-state index contributed by atoms with van der Waals surface area (Å²) in [5.74, 6) is -0.626. The molecule has 1 saturated heterocycles. The van der Waals surface area contributed by atoms with Crippen LogP contribution in [0.5, 0.6) is 0 Å². The third-order valence-corrected chi connectivity index (χ3v) is 6.12. The number of rotatable bonds is 3. The lowest BCUT2D eigenvalue weighted by Gasteiger charge is -2.32. The minimum Gasteiger partial charge on any atom is -0.337 e. The number of aromatic amines is 1. The van der Waals surface area contributed by atoms with E-state index in [0.29, 0.717) is 48.2 Å². The Kier molecular flexibility index (Phi) is 5.12. The summed E-state index contributed by atoms with van der Waals surface area (Å²) in [6, 6.07) is 12.4. The molecular formula is C23H21FN6O3. The molecule has 4 aromatic rings. The van der Waals surface area contributed by atoms with E-state index < -0.39 is 5.69 Å². The number of likely N-dealkylation sites (tertiary alicyclic amines) is 1. The zero-order valence-corrected chi connectivity index (χ0v) is 17.9. The van der Waals surface area contributed by atoms with Crippen LogP contribution in [0.1, 0.15) is 35.1 Å². The Bertz CT molecular complexity index is 1460. The second kappa shape index (κ2) is 8.12. The number of aromatic nitrogens is 5. The van der Waals surface area contributed by atoms with Gasteiger partial charge in [0.15, 0.2) is 5.69 Å². The molecule has 0 saturated carbocycles. The predicted molar refractivity (Wildman–Crippen MR) is 119 cm³/mol. The lowest BCUT2D eigenvalue weighted by molar-refractivity contribution is 0.0685. The van der Waals surface area contributed by atoms with Gasteiger partial charge in [0, 0.05) is 19.1 Å². The summed E-state index contributed by atoms with van der Waals surface area (Å²) in [6.45, 7) is 2.49. The summed E-state index contributed by atoms with van der Waals surface area (Å²) >= 11 is 0. The molecule has 1 aliphatic heterocycles. The number of carbonyl (C=O) groups excluding carboxylic acids is 1. The number of halogens is 1. The van der Waals surface area contributed by atoms with Crippen molar-refractivity contribution in [2.24, 2.45) is 0 Å². The van der Waals surface area contributed by atoms with Crippen molar-refractivity contribution in [2.75, 3.05) is 13.1 Å². The Morgan fingerprint density at radius 1 is 1.06 bits per heavy atom. The third-order valence-electron chi connectivity index (χ3n) is 6.12. The number of piperidine rings is 1. The van der Waals surface area contributed by atoms with E-state index in [-0.39, 0.29) is 29.0 Å². The van der Waals surface area contributed by atoms with Crippen molar-refractivity contribution in [3.8, 4) is 5.69 Å².